The maximum atomic E-state index is 12.4. The molecule has 0 aromatic heterocycles. The van der Waals surface area contributed by atoms with E-state index >= 15 is 0 Å². The van der Waals surface area contributed by atoms with Crippen molar-refractivity contribution in [1.82, 2.24) is 5.32 Å². The van der Waals surface area contributed by atoms with Gasteiger partial charge in [0.2, 0.25) is 11.8 Å². The Hall–Kier alpha value is -1.20. The minimum atomic E-state index is -2.72. The fraction of sp³-hybridized carbons (Fsp3) is 0.778. The molecular formula is C9H13F2NO3. The molecule has 1 rings (SSSR count). The first-order chi connectivity index (χ1) is 6.82. The van der Waals surface area contributed by atoms with E-state index < -0.39 is 42.5 Å². The molecule has 0 aliphatic heterocycles. The highest BCUT2D eigenvalue weighted by Gasteiger charge is 2.48. The van der Waals surface area contributed by atoms with Crippen LogP contribution in [0.2, 0.25) is 0 Å². The summed E-state index contributed by atoms with van der Waals surface area (Å²) in [5.74, 6) is -5.58. The van der Waals surface area contributed by atoms with Crippen molar-refractivity contribution in [2.24, 2.45) is 11.8 Å². The molecule has 2 N–H and O–H groups in total. The van der Waals surface area contributed by atoms with Gasteiger partial charge in [-0.15, -0.1) is 0 Å². The zero-order valence-electron chi connectivity index (χ0n) is 8.30. The lowest BCUT2D eigenvalue weighted by atomic mass is 9.81. The second-order valence-corrected chi connectivity index (χ2v) is 3.95. The molecule has 1 aliphatic carbocycles. The summed E-state index contributed by atoms with van der Waals surface area (Å²) in [5.41, 5.74) is 0. The highest BCUT2D eigenvalue weighted by atomic mass is 19.3. The molecule has 86 valence electrons. The topological polar surface area (TPSA) is 66.4 Å². The second kappa shape index (κ2) is 4.12. The number of hydrogen-bond donors (Lipinski definition) is 2. The molecule has 6 heteroatoms. The molecule has 0 aromatic carbocycles. The molecule has 1 fully saturated rings. The summed E-state index contributed by atoms with van der Waals surface area (Å²) >= 11 is 0. The number of alkyl halides is 2. The molecule has 4 nitrogen and oxygen atoms in total. The van der Waals surface area contributed by atoms with Gasteiger partial charge in [0, 0.05) is 25.3 Å². The van der Waals surface area contributed by atoms with Gasteiger partial charge in [0.1, 0.15) is 0 Å². The Kier molecular flexibility index (Phi) is 3.26. The number of carboxylic acids is 1. The van der Waals surface area contributed by atoms with Crippen molar-refractivity contribution < 1.29 is 23.5 Å². The van der Waals surface area contributed by atoms with Crippen LogP contribution in [-0.4, -0.2) is 29.5 Å². The number of carbonyl (C=O) groups is 2. The van der Waals surface area contributed by atoms with Gasteiger partial charge in [-0.3, -0.25) is 9.59 Å². The van der Waals surface area contributed by atoms with Gasteiger partial charge in [-0.25, -0.2) is 8.78 Å². The lowest BCUT2D eigenvalue weighted by Gasteiger charge is -2.33. The molecule has 1 aliphatic rings. The predicted octanol–water partition coefficient (Wildman–Crippen LogP) is 0.869. The molecule has 1 atom stereocenters. The summed E-state index contributed by atoms with van der Waals surface area (Å²) in [5, 5.41) is 10.9. The monoisotopic (exact) mass is 221 g/mol. The maximum Gasteiger partial charge on any atom is 0.308 e. The first-order valence-electron chi connectivity index (χ1n) is 4.70. The summed E-state index contributed by atoms with van der Waals surface area (Å²) < 4.78 is 24.8. The van der Waals surface area contributed by atoms with Crippen molar-refractivity contribution in [2.75, 3.05) is 6.54 Å². The van der Waals surface area contributed by atoms with Crippen LogP contribution >= 0.6 is 0 Å². The number of carboxylic acid groups (broad SMARTS) is 1. The van der Waals surface area contributed by atoms with Gasteiger partial charge >= 0.3 is 5.97 Å². The minimum absolute atomic E-state index is 0.0176. The molecule has 1 unspecified atom stereocenters. The molecule has 1 amide bonds. The van der Waals surface area contributed by atoms with Crippen molar-refractivity contribution >= 4 is 11.9 Å². The molecule has 0 heterocycles. The van der Waals surface area contributed by atoms with E-state index in [1.165, 1.54) is 6.92 Å². The Labute approximate surface area is 85.7 Å². The number of amides is 1. The summed E-state index contributed by atoms with van der Waals surface area (Å²) in [7, 11) is 0. The highest BCUT2D eigenvalue weighted by molar-refractivity contribution is 5.80. The van der Waals surface area contributed by atoms with E-state index in [0.717, 1.165) is 0 Å². The van der Waals surface area contributed by atoms with Crippen molar-refractivity contribution in [3.8, 4) is 0 Å². The number of carbonyl (C=O) groups excluding carboxylic acids is 1. The Morgan fingerprint density at radius 2 is 2.07 bits per heavy atom. The van der Waals surface area contributed by atoms with Gasteiger partial charge in [-0.05, 0) is 0 Å². The van der Waals surface area contributed by atoms with Crippen molar-refractivity contribution in [3.05, 3.63) is 0 Å². The number of aliphatic carboxylic acids is 1. The first kappa shape index (κ1) is 11.9. The van der Waals surface area contributed by atoms with Gasteiger partial charge in [0.15, 0.2) is 0 Å². The summed E-state index contributed by atoms with van der Waals surface area (Å²) in [6.45, 7) is 1.42. The van der Waals surface area contributed by atoms with Gasteiger partial charge in [-0.1, -0.05) is 6.92 Å². The molecular weight excluding hydrogens is 208 g/mol. The Balaban J connectivity index is 2.24. The van der Waals surface area contributed by atoms with Gasteiger partial charge < -0.3 is 10.4 Å². The maximum absolute atomic E-state index is 12.4. The van der Waals surface area contributed by atoms with Crippen LogP contribution in [0.1, 0.15) is 19.8 Å². The largest absolute Gasteiger partial charge is 0.481 e. The van der Waals surface area contributed by atoms with E-state index in [1.54, 1.807) is 0 Å². The van der Waals surface area contributed by atoms with Gasteiger partial charge in [0.05, 0.1) is 5.92 Å². The van der Waals surface area contributed by atoms with Crippen LogP contribution in [0, 0.1) is 11.8 Å². The molecule has 0 spiro atoms. The Morgan fingerprint density at radius 1 is 1.53 bits per heavy atom. The third kappa shape index (κ3) is 3.14. The summed E-state index contributed by atoms with van der Waals surface area (Å²) in [6, 6.07) is 0. The van der Waals surface area contributed by atoms with Crippen LogP contribution in [0.25, 0.3) is 0 Å². The van der Waals surface area contributed by atoms with E-state index in [-0.39, 0.29) is 6.54 Å². The Bertz CT molecular complexity index is 273. The highest BCUT2D eigenvalue weighted by Crippen LogP contribution is 2.42. The van der Waals surface area contributed by atoms with Crippen molar-refractivity contribution in [1.29, 1.82) is 0 Å². The summed E-state index contributed by atoms with van der Waals surface area (Å²) in [4.78, 5) is 21.6. The average molecular weight is 221 g/mol. The first-order valence-corrected chi connectivity index (χ1v) is 4.70. The van der Waals surface area contributed by atoms with E-state index in [9.17, 15) is 18.4 Å². The molecule has 0 bridgehead atoms. The lowest BCUT2D eigenvalue weighted by molar-refractivity contribution is -0.150. The van der Waals surface area contributed by atoms with Gasteiger partial charge in [0.25, 0.3) is 0 Å². The standard InChI is InChI=1S/C9H13F2NO3/c1-5(8(14)15)4-12-7(13)6-2-9(10,11)3-6/h5-6H,2-4H2,1H3,(H,12,13)(H,14,15). The molecule has 0 radical (unpaired) electrons. The molecule has 0 saturated heterocycles. The van der Waals surface area contributed by atoms with Crippen molar-refractivity contribution in [3.63, 3.8) is 0 Å². The van der Waals surface area contributed by atoms with Crippen LogP contribution in [-0.2, 0) is 9.59 Å². The number of rotatable bonds is 4. The lowest BCUT2D eigenvalue weighted by Crippen LogP contribution is -2.46. The molecule has 0 aromatic rings. The average Bonchev–Trinajstić information content (AvgIpc) is 2.09. The van der Waals surface area contributed by atoms with Crippen LogP contribution in [0.5, 0.6) is 0 Å². The van der Waals surface area contributed by atoms with E-state index in [2.05, 4.69) is 5.32 Å². The second-order valence-electron chi connectivity index (χ2n) is 3.95. The quantitative estimate of drug-likeness (QED) is 0.740. The third-order valence-electron chi connectivity index (χ3n) is 2.46. The van der Waals surface area contributed by atoms with E-state index in [4.69, 9.17) is 5.11 Å². The van der Waals surface area contributed by atoms with Crippen LogP contribution in [0.15, 0.2) is 0 Å². The fourth-order valence-corrected chi connectivity index (χ4v) is 1.33. The molecule has 1 saturated carbocycles. The smallest absolute Gasteiger partial charge is 0.308 e. The SMILES string of the molecule is CC(CNC(=O)C1CC(F)(F)C1)C(=O)O. The van der Waals surface area contributed by atoms with Crippen LogP contribution in [0.3, 0.4) is 0 Å². The van der Waals surface area contributed by atoms with Crippen LogP contribution < -0.4 is 5.32 Å². The number of hydrogen-bond acceptors (Lipinski definition) is 2. The van der Waals surface area contributed by atoms with Crippen molar-refractivity contribution in [2.45, 2.75) is 25.7 Å². The fourth-order valence-electron chi connectivity index (χ4n) is 1.33. The third-order valence-corrected chi connectivity index (χ3v) is 2.46. The normalized spacial score (nSPS) is 21.5. The predicted molar refractivity (Wildman–Crippen MR) is 47.5 cm³/mol. The zero-order chi connectivity index (χ0) is 11.6. The summed E-state index contributed by atoms with van der Waals surface area (Å²) in [6.07, 6.45) is -0.861. The minimum Gasteiger partial charge on any atom is -0.481 e. The zero-order valence-corrected chi connectivity index (χ0v) is 8.30. The van der Waals surface area contributed by atoms with E-state index in [0.29, 0.717) is 0 Å². The van der Waals surface area contributed by atoms with Gasteiger partial charge in [-0.2, -0.15) is 0 Å². The Morgan fingerprint density at radius 3 is 2.47 bits per heavy atom. The van der Waals surface area contributed by atoms with Crippen LogP contribution in [0.4, 0.5) is 8.78 Å². The van der Waals surface area contributed by atoms with E-state index in [1.807, 2.05) is 0 Å². The number of nitrogens with one attached hydrogen (secondary N) is 1. The number of halogens is 2. The molecule has 15 heavy (non-hydrogen) atoms.